The Morgan fingerprint density at radius 3 is 2.00 bits per heavy atom. The summed E-state index contributed by atoms with van der Waals surface area (Å²) >= 11 is 0. The summed E-state index contributed by atoms with van der Waals surface area (Å²) < 4.78 is 0. The molecule has 178 valence electrons. The van der Waals surface area contributed by atoms with Gasteiger partial charge in [-0.25, -0.2) is 0 Å². The predicted octanol–water partition coefficient (Wildman–Crippen LogP) is 0.364. The largest absolute Gasteiger partial charge is 0.368 e. The normalized spacial score (nSPS) is 13.7. The quantitative estimate of drug-likeness (QED) is 0.260. The van der Waals surface area contributed by atoms with Gasteiger partial charge in [-0.15, -0.1) is 0 Å². The molecule has 0 aliphatic carbocycles. The van der Waals surface area contributed by atoms with Gasteiger partial charge < -0.3 is 27.4 Å². The number of unbranched alkanes of at least 4 members (excludes halogenated alkanes) is 1. The minimum Gasteiger partial charge on any atom is -0.368 e. The molecule has 1 aromatic rings. The van der Waals surface area contributed by atoms with Gasteiger partial charge in [-0.2, -0.15) is 0 Å². The van der Waals surface area contributed by atoms with Crippen molar-refractivity contribution in [3.8, 4) is 0 Å². The molecule has 0 bridgehead atoms. The summed E-state index contributed by atoms with van der Waals surface area (Å²) in [5.41, 5.74) is 11.9. The summed E-state index contributed by atoms with van der Waals surface area (Å²) in [5.74, 6) is -1.77. The fourth-order valence-corrected chi connectivity index (χ4v) is 3.33. The number of nitrogens with one attached hydrogen (secondary N) is 3. The fraction of sp³-hybridized carbons (Fsp3) is 0.565. The lowest BCUT2D eigenvalue weighted by Gasteiger charge is -2.25. The Hall–Kier alpha value is -2.94. The number of hydrogen-bond acceptors (Lipinski definition) is 5. The number of nitrogens with two attached hydrogens (primary N) is 2. The maximum atomic E-state index is 13.0. The van der Waals surface area contributed by atoms with Crippen molar-refractivity contribution in [2.75, 3.05) is 6.54 Å². The highest BCUT2D eigenvalue weighted by atomic mass is 16.2. The van der Waals surface area contributed by atoms with Crippen molar-refractivity contribution in [1.29, 1.82) is 0 Å². The Bertz CT molecular complexity index is 754. The monoisotopic (exact) mass is 447 g/mol. The van der Waals surface area contributed by atoms with Crippen molar-refractivity contribution in [2.24, 2.45) is 17.4 Å². The van der Waals surface area contributed by atoms with Crippen LogP contribution in [-0.2, 0) is 25.6 Å². The number of amides is 4. The van der Waals surface area contributed by atoms with Gasteiger partial charge in [0.25, 0.3) is 0 Å². The first-order chi connectivity index (χ1) is 15.1. The third-order valence-electron chi connectivity index (χ3n) is 4.92. The van der Waals surface area contributed by atoms with Crippen molar-refractivity contribution in [3.05, 3.63) is 35.9 Å². The molecule has 0 heterocycles. The Labute approximate surface area is 190 Å². The summed E-state index contributed by atoms with van der Waals surface area (Å²) in [4.78, 5) is 49.3. The van der Waals surface area contributed by atoms with Crippen LogP contribution in [0.1, 0.15) is 52.0 Å². The van der Waals surface area contributed by atoms with Crippen LogP contribution in [0.2, 0.25) is 0 Å². The van der Waals surface area contributed by atoms with Gasteiger partial charge in [0.15, 0.2) is 0 Å². The van der Waals surface area contributed by atoms with E-state index in [4.69, 9.17) is 11.5 Å². The first-order valence-corrected chi connectivity index (χ1v) is 11.0. The van der Waals surface area contributed by atoms with Gasteiger partial charge in [0, 0.05) is 13.3 Å². The van der Waals surface area contributed by atoms with E-state index in [0.717, 1.165) is 5.56 Å². The summed E-state index contributed by atoms with van der Waals surface area (Å²) in [7, 11) is 0. The fourth-order valence-electron chi connectivity index (χ4n) is 3.33. The average molecular weight is 448 g/mol. The molecule has 1 rings (SSSR count). The van der Waals surface area contributed by atoms with E-state index in [0.29, 0.717) is 32.2 Å². The lowest BCUT2D eigenvalue weighted by molar-refractivity contribution is -0.133. The zero-order chi connectivity index (χ0) is 24.1. The summed E-state index contributed by atoms with van der Waals surface area (Å²) in [5, 5.41) is 8.04. The molecular formula is C23H37N5O4. The smallest absolute Gasteiger partial charge is 0.243 e. The summed E-state index contributed by atoms with van der Waals surface area (Å²) in [6.45, 7) is 5.68. The van der Waals surface area contributed by atoms with E-state index < -0.39 is 35.8 Å². The van der Waals surface area contributed by atoms with Gasteiger partial charge in [0.1, 0.15) is 18.1 Å². The van der Waals surface area contributed by atoms with Crippen molar-refractivity contribution in [1.82, 2.24) is 16.0 Å². The molecule has 1 aromatic carbocycles. The summed E-state index contributed by atoms with van der Waals surface area (Å²) in [6, 6.07) is 6.65. The van der Waals surface area contributed by atoms with Crippen LogP contribution in [0, 0.1) is 5.92 Å². The van der Waals surface area contributed by atoms with E-state index in [-0.39, 0.29) is 18.2 Å². The maximum Gasteiger partial charge on any atom is 0.243 e. The molecule has 4 amide bonds. The highest BCUT2D eigenvalue weighted by Gasteiger charge is 2.29. The van der Waals surface area contributed by atoms with Gasteiger partial charge in [-0.05, 0) is 43.7 Å². The molecule has 0 aromatic heterocycles. The molecule has 0 saturated heterocycles. The number of rotatable bonds is 14. The highest BCUT2D eigenvalue weighted by molar-refractivity contribution is 5.93. The second kappa shape index (κ2) is 14.2. The molecule has 0 spiro atoms. The van der Waals surface area contributed by atoms with E-state index in [1.807, 2.05) is 44.2 Å². The van der Waals surface area contributed by atoms with Crippen molar-refractivity contribution < 1.29 is 19.2 Å². The van der Waals surface area contributed by atoms with Crippen LogP contribution in [-0.4, -0.2) is 48.3 Å². The van der Waals surface area contributed by atoms with Gasteiger partial charge in [0.2, 0.25) is 23.6 Å². The van der Waals surface area contributed by atoms with Crippen LogP contribution in [0.3, 0.4) is 0 Å². The standard InChI is InChI=1S/C23H37N5O4/c1-15(2)13-20(26-16(3)29)23(32)27-18(11-7-8-12-24)22(31)28-19(21(25)30)14-17-9-5-4-6-10-17/h4-6,9-10,15,18-20H,7-8,11-14,24H2,1-3H3,(H2,25,30)(H,26,29)(H,27,32)(H,28,31). The van der Waals surface area contributed by atoms with E-state index in [2.05, 4.69) is 16.0 Å². The van der Waals surface area contributed by atoms with E-state index >= 15 is 0 Å². The van der Waals surface area contributed by atoms with Gasteiger partial charge in [0.05, 0.1) is 0 Å². The average Bonchev–Trinajstić information content (AvgIpc) is 2.72. The molecule has 9 heteroatoms. The molecule has 0 aliphatic rings. The first kappa shape index (κ1) is 27.1. The highest BCUT2D eigenvalue weighted by Crippen LogP contribution is 2.09. The zero-order valence-electron chi connectivity index (χ0n) is 19.2. The third kappa shape index (κ3) is 10.4. The topological polar surface area (TPSA) is 156 Å². The van der Waals surface area contributed by atoms with Crippen LogP contribution >= 0.6 is 0 Å². The van der Waals surface area contributed by atoms with E-state index in [1.54, 1.807) is 0 Å². The number of benzene rings is 1. The van der Waals surface area contributed by atoms with Crippen molar-refractivity contribution >= 4 is 23.6 Å². The number of hydrogen-bond donors (Lipinski definition) is 5. The third-order valence-corrected chi connectivity index (χ3v) is 4.92. The molecule has 0 radical (unpaired) electrons. The molecule has 3 atom stereocenters. The van der Waals surface area contributed by atoms with Crippen molar-refractivity contribution in [3.63, 3.8) is 0 Å². The van der Waals surface area contributed by atoms with Crippen LogP contribution in [0.4, 0.5) is 0 Å². The molecule has 9 nitrogen and oxygen atoms in total. The molecule has 3 unspecified atom stereocenters. The predicted molar refractivity (Wildman–Crippen MR) is 123 cm³/mol. The molecule has 0 fully saturated rings. The lowest BCUT2D eigenvalue weighted by Crippen LogP contribution is -2.56. The van der Waals surface area contributed by atoms with Crippen LogP contribution < -0.4 is 27.4 Å². The molecule has 0 aliphatic heterocycles. The van der Waals surface area contributed by atoms with Gasteiger partial charge in [-0.1, -0.05) is 44.2 Å². The van der Waals surface area contributed by atoms with Crippen LogP contribution in [0.25, 0.3) is 0 Å². The van der Waals surface area contributed by atoms with Crippen molar-refractivity contribution in [2.45, 2.75) is 71.0 Å². The Morgan fingerprint density at radius 2 is 1.47 bits per heavy atom. The minimum atomic E-state index is -0.916. The summed E-state index contributed by atoms with van der Waals surface area (Å²) in [6.07, 6.45) is 2.32. The Balaban J connectivity index is 2.93. The Morgan fingerprint density at radius 1 is 0.875 bits per heavy atom. The van der Waals surface area contributed by atoms with Crippen LogP contribution in [0.5, 0.6) is 0 Å². The second-order valence-electron chi connectivity index (χ2n) is 8.38. The van der Waals surface area contributed by atoms with E-state index in [1.165, 1.54) is 6.92 Å². The van der Waals surface area contributed by atoms with Gasteiger partial charge in [-0.3, -0.25) is 19.2 Å². The van der Waals surface area contributed by atoms with E-state index in [9.17, 15) is 19.2 Å². The Kier molecular flexibility index (Phi) is 12.0. The molecule has 7 N–H and O–H groups in total. The minimum absolute atomic E-state index is 0.159. The number of carbonyl (C=O) groups is 4. The second-order valence-corrected chi connectivity index (χ2v) is 8.38. The molecule has 0 saturated carbocycles. The zero-order valence-corrected chi connectivity index (χ0v) is 19.2. The number of primary amides is 1. The molecular weight excluding hydrogens is 410 g/mol. The lowest BCUT2D eigenvalue weighted by atomic mass is 10.0. The van der Waals surface area contributed by atoms with Crippen LogP contribution in [0.15, 0.2) is 30.3 Å². The van der Waals surface area contributed by atoms with Gasteiger partial charge >= 0.3 is 0 Å². The maximum absolute atomic E-state index is 13.0. The number of carbonyl (C=O) groups excluding carboxylic acids is 4. The SMILES string of the molecule is CC(=O)NC(CC(C)C)C(=O)NC(CCCCN)C(=O)NC(Cc1ccccc1)C(N)=O. The molecule has 32 heavy (non-hydrogen) atoms. The first-order valence-electron chi connectivity index (χ1n) is 11.0.